The van der Waals surface area contributed by atoms with Crippen LogP contribution in [0.4, 0.5) is 0 Å². The van der Waals surface area contributed by atoms with Crippen LogP contribution in [-0.2, 0) is 12.8 Å². The molecule has 0 aromatic heterocycles. The van der Waals surface area contributed by atoms with Crippen molar-refractivity contribution in [3.05, 3.63) is 70.7 Å². The number of aliphatic hydroxyl groups is 1. The first-order valence-electron chi connectivity index (χ1n) is 10.1. The zero-order chi connectivity index (χ0) is 19.3. The van der Waals surface area contributed by atoms with Crippen LogP contribution in [0.5, 0.6) is 0 Å². The van der Waals surface area contributed by atoms with Gasteiger partial charge in [0.25, 0.3) is 0 Å². The Morgan fingerprint density at radius 3 is 2.41 bits per heavy atom. The Balaban J connectivity index is 1.86. The highest BCUT2D eigenvalue weighted by molar-refractivity contribution is 6.30. The maximum absolute atomic E-state index is 10.4. The molecule has 0 aliphatic heterocycles. The number of aryl methyl sites for hydroxylation is 1. The van der Waals surface area contributed by atoms with E-state index in [0.717, 1.165) is 50.1 Å². The number of rotatable bonds is 7. The van der Waals surface area contributed by atoms with Gasteiger partial charge in [0, 0.05) is 11.6 Å². The number of hydrogen-bond acceptors (Lipinski definition) is 2. The summed E-state index contributed by atoms with van der Waals surface area (Å²) < 4.78 is 0. The lowest BCUT2D eigenvalue weighted by atomic mass is 9.60. The normalized spacial score (nSPS) is 25.7. The van der Waals surface area contributed by atoms with Crippen LogP contribution in [0.3, 0.4) is 0 Å². The standard InChI is InChI=1S/C24H32ClNO/c1-26(2)18-21-16-23(27)13-15-24(21,14-12-19-6-4-3-5-7-19)17-20-8-10-22(25)11-9-20/h3-11,21,23,27H,12-18H2,1-2H3. The number of halogens is 1. The fourth-order valence-corrected chi connectivity index (χ4v) is 4.89. The highest BCUT2D eigenvalue weighted by atomic mass is 35.5. The third-order valence-corrected chi connectivity index (χ3v) is 6.46. The molecule has 1 fully saturated rings. The van der Waals surface area contributed by atoms with Crippen molar-refractivity contribution in [2.45, 2.75) is 44.6 Å². The molecule has 0 radical (unpaired) electrons. The van der Waals surface area contributed by atoms with Gasteiger partial charge in [-0.1, -0.05) is 54.1 Å². The zero-order valence-corrected chi connectivity index (χ0v) is 17.3. The van der Waals surface area contributed by atoms with Crippen LogP contribution in [0.1, 0.15) is 36.8 Å². The molecule has 146 valence electrons. The molecular weight excluding hydrogens is 354 g/mol. The van der Waals surface area contributed by atoms with E-state index >= 15 is 0 Å². The second-order valence-corrected chi connectivity index (χ2v) is 8.98. The molecule has 0 bridgehead atoms. The summed E-state index contributed by atoms with van der Waals surface area (Å²) in [6.45, 7) is 1.03. The van der Waals surface area contributed by atoms with Gasteiger partial charge in [0.05, 0.1) is 6.10 Å². The second kappa shape index (κ2) is 9.23. The second-order valence-electron chi connectivity index (χ2n) is 8.54. The molecule has 2 aromatic carbocycles. The highest BCUT2D eigenvalue weighted by Gasteiger charge is 2.42. The molecule has 27 heavy (non-hydrogen) atoms. The minimum Gasteiger partial charge on any atom is -0.393 e. The van der Waals surface area contributed by atoms with Gasteiger partial charge >= 0.3 is 0 Å². The first kappa shape index (κ1) is 20.4. The van der Waals surface area contributed by atoms with Crippen molar-refractivity contribution in [3.8, 4) is 0 Å². The fourth-order valence-electron chi connectivity index (χ4n) is 4.76. The van der Waals surface area contributed by atoms with E-state index in [9.17, 15) is 5.11 Å². The van der Waals surface area contributed by atoms with Gasteiger partial charge in [-0.15, -0.1) is 0 Å². The van der Waals surface area contributed by atoms with Crippen LogP contribution in [-0.4, -0.2) is 36.8 Å². The van der Waals surface area contributed by atoms with E-state index in [1.165, 1.54) is 11.1 Å². The van der Waals surface area contributed by atoms with Gasteiger partial charge in [-0.25, -0.2) is 0 Å². The molecule has 3 heteroatoms. The molecule has 2 nitrogen and oxygen atoms in total. The lowest BCUT2D eigenvalue weighted by Gasteiger charge is -2.47. The Morgan fingerprint density at radius 1 is 1.04 bits per heavy atom. The summed E-state index contributed by atoms with van der Waals surface area (Å²) in [5, 5.41) is 11.2. The van der Waals surface area contributed by atoms with Gasteiger partial charge in [0.15, 0.2) is 0 Å². The monoisotopic (exact) mass is 385 g/mol. The first-order valence-corrected chi connectivity index (χ1v) is 10.5. The van der Waals surface area contributed by atoms with Crippen molar-refractivity contribution in [2.24, 2.45) is 11.3 Å². The Hall–Kier alpha value is -1.35. The molecular formula is C24H32ClNO. The number of nitrogens with zero attached hydrogens (tertiary/aromatic N) is 1. The summed E-state index contributed by atoms with van der Waals surface area (Å²) in [6, 6.07) is 19.1. The van der Waals surface area contributed by atoms with Crippen LogP contribution >= 0.6 is 11.6 Å². The van der Waals surface area contributed by atoms with Crippen molar-refractivity contribution in [1.82, 2.24) is 4.90 Å². The molecule has 0 heterocycles. The Bertz CT molecular complexity index is 698. The highest BCUT2D eigenvalue weighted by Crippen LogP contribution is 2.47. The molecule has 3 rings (SSSR count). The van der Waals surface area contributed by atoms with Crippen molar-refractivity contribution < 1.29 is 5.11 Å². The maximum atomic E-state index is 10.4. The van der Waals surface area contributed by atoms with Gasteiger partial charge in [-0.2, -0.15) is 0 Å². The minimum atomic E-state index is -0.162. The quantitative estimate of drug-likeness (QED) is 0.705. The van der Waals surface area contributed by atoms with Crippen LogP contribution in [0.2, 0.25) is 5.02 Å². The first-order chi connectivity index (χ1) is 13.0. The molecule has 2 aromatic rings. The number of hydrogen-bond donors (Lipinski definition) is 1. The molecule has 1 aliphatic carbocycles. The van der Waals surface area contributed by atoms with Gasteiger partial charge in [-0.05, 0) is 87.2 Å². The van der Waals surface area contributed by atoms with E-state index in [-0.39, 0.29) is 11.5 Å². The summed E-state index contributed by atoms with van der Waals surface area (Å²) in [4.78, 5) is 2.28. The molecule has 1 N–H and O–H groups in total. The SMILES string of the molecule is CN(C)CC1CC(O)CCC1(CCc1ccccc1)Cc1ccc(Cl)cc1. The lowest BCUT2D eigenvalue weighted by molar-refractivity contribution is -0.00837. The Labute approximate surface area is 169 Å². The van der Waals surface area contributed by atoms with Crippen molar-refractivity contribution in [1.29, 1.82) is 0 Å². The van der Waals surface area contributed by atoms with Crippen LogP contribution in [0.15, 0.2) is 54.6 Å². The van der Waals surface area contributed by atoms with E-state index in [4.69, 9.17) is 11.6 Å². The van der Waals surface area contributed by atoms with Crippen LogP contribution in [0.25, 0.3) is 0 Å². The average Bonchev–Trinajstić information content (AvgIpc) is 2.65. The lowest BCUT2D eigenvalue weighted by Crippen LogP contribution is -2.45. The fraction of sp³-hybridized carbons (Fsp3) is 0.500. The largest absolute Gasteiger partial charge is 0.393 e. The maximum Gasteiger partial charge on any atom is 0.0543 e. The number of aliphatic hydroxyl groups excluding tert-OH is 1. The summed E-state index contributed by atoms with van der Waals surface area (Å²) in [5.41, 5.74) is 2.97. The summed E-state index contributed by atoms with van der Waals surface area (Å²) in [5.74, 6) is 0.496. The molecule has 1 aliphatic rings. The van der Waals surface area contributed by atoms with Crippen molar-refractivity contribution >= 4 is 11.6 Å². The zero-order valence-electron chi connectivity index (χ0n) is 16.6. The Morgan fingerprint density at radius 2 is 1.74 bits per heavy atom. The average molecular weight is 386 g/mol. The molecule has 3 atom stereocenters. The predicted octanol–water partition coefficient (Wildman–Crippen LogP) is 5.22. The van der Waals surface area contributed by atoms with Crippen molar-refractivity contribution in [2.75, 3.05) is 20.6 Å². The third kappa shape index (κ3) is 5.57. The van der Waals surface area contributed by atoms with E-state index in [1.54, 1.807) is 0 Å². The number of benzene rings is 2. The van der Waals surface area contributed by atoms with Gasteiger partial charge in [0.1, 0.15) is 0 Å². The third-order valence-electron chi connectivity index (χ3n) is 6.21. The van der Waals surface area contributed by atoms with E-state index < -0.39 is 0 Å². The summed E-state index contributed by atoms with van der Waals surface area (Å²) >= 11 is 6.11. The van der Waals surface area contributed by atoms with Crippen LogP contribution < -0.4 is 0 Å². The summed E-state index contributed by atoms with van der Waals surface area (Å²) in [6.07, 6.45) is 6.04. The van der Waals surface area contributed by atoms with Gasteiger partial charge in [-0.3, -0.25) is 0 Å². The van der Waals surface area contributed by atoms with Crippen molar-refractivity contribution in [3.63, 3.8) is 0 Å². The molecule has 0 spiro atoms. The smallest absolute Gasteiger partial charge is 0.0543 e. The molecule has 0 saturated heterocycles. The van der Waals surface area contributed by atoms with E-state index in [1.807, 2.05) is 12.1 Å². The van der Waals surface area contributed by atoms with E-state index in [2.05, 4.69) is 61.5 Å². The topological polar surface area (TPSA) is 23.5 Å². The van der Waals surface area contributed by atoms with Gasteiger partial charge in [0.2, 0.25) is 0 Å². The molecule has 0 amide bonds. The minimum absolute atomic E-state index is 0.162. The predicted molar refractivity (Wildman–Crippen MR) is 114 cm³/mol. The molecule has 1 saturated carbocycles. The molecule has 3 unspecified atom stereocenters. The van der Waals surface area contributed by atoms with Crippen LogP contribution in [0, 0.1) is 11.3 Å². The summed E-state index contributed by atoms with van der Waals surface area (Å²) in [7, 11) is 4.29. The van der Waals surface area contributed by atoms with E-state index in [0.29, 0.717) is 5.92 Å². The van der Waals surface area contributed by atoms with Gasteiger partial charge < -0.3 is 10.0 Å². The Kier molecular flexibility index (Phi) is 6.97.